The number of nitrogens with zero attached hydrogens (tertiary/aromatic N) is 1. The molecule has 0 atom stereocenters. The van der Waals surface area contributed by atoms with Crippen LogP contribution in [0.1, 0.15) is 57.9 Å². The fourth-order valence-corrected chi connectivity index (χ4v) is 2.52. The average molecular weight is 292 g/mol. The smallest absolute Gasteiger partial charge is 0.146 e. The van der Waals surface area contributed by atoms with Crippen molar-refractivity contribution >= 4 is 5.69 Å². The molecule has 0 unspecified atom stereocenters. The molecule has 0 heterocycles. The summed E-state index contributed by atoms with van der Waals surface area (Å²) in [6.45, 7) is 7.05. The van der Waals surface area contributed by atoms with Gasteiger partial charge in [-0.3, -0.25) is 0 Å². The molecule has 1 N–H and O–H groups in total. The largest absolute Gasteiger partial charge is 0.369 e. The molecule has 1 fully saturated rings. The predicted molar refractivity (Wildman–Crippen MR) is 88.3 cm³/mol. The minimum atomic E-state index is -0.0719. The number of nitrogens with one attached hydrogen (secondary N) is 1. The molecule has 21 heavy (non-hydrogen) atoms. The van der Waals surface area contributed by atoms with E-state index in [4.69, 9.17) is 0 Å². The average Bonchev–Trinajstić information content (AvgIpc) is 3.30. The van der Waals surface area contributed by atoms with E-state index >= 15 is 0 Å². The van der Waals surface area contributed by atoms with Crippen molar-refractivity contribution in [2.24, 2.45) is 0 Å². The van der Waals surface area contributed by atoms with Gasteiger partial charge in [0.05, 0.1) is 5.69 Å². The van der Waals surface area contributed by atoms with E-state index in [1.54, 1.807) is 6.07 Å². The first-order chi connectivity index (χ1) is 10.2. The molecule has 2 rings (SSSR count). The Kier molecular flexibility index (Phi) is 6.50. The van der Waals surface area contributed by atoms with Crippen molar-refractivity contribution in [2.75, 3.05) is 18.0 Å². The molecule has 1 aliphatic rings. The first kappa shape index (κ1) is 16.3. The highest BCUT2D eigenvalue weighted by Crippen LogP contribution is 2.23. The van der Waals surface area contributed by atoms with E-state index in [0.29, 0.717) is 6.04 Å². The number of hydrogen-bond acceptors (Lipinski definition) is 2. The maximum Gasteiger partial charge on any atom is 0.146 e. The maximum absolute atomic E-state index is 14.4. The summed E-state index contributed by atoms with van der Waals surface area (Å²) in [6.07, 6.45) is 7.06. The summed E-state index contributed by atoms with van der Waals surface area (Å²) in [5, 5.41) is 3.44. The van der Waals surface area contributed by atoms with Gasteiger partial charge in [0.2, 0.25) is 0 Å². The number of unbranched alkanes of at least 4 members (excludes halogenated alkanes) is 2. The molecule has 1 aromatic rings. The van der Waals surface area contributed by atoms with Crippen LogP contribution in [0.2, 0.25) is 0 Å². The lowest BCUT2D eigenvalue weighted by Crippen LogP contribution is -2.26. The molecular formula is C18H29FN2. The third kappa shape index (κ3) is 5.31. The van der Waals surface area contributed by atoms with Gasteiger partial charge in [0.25, 0.3) is 0 Å². The molecule has 0 saturated heterocycles. The molecule has 0 aromatic heterocycles. The predicted octanol–water partition coefficient (Wildman–Crippen LogP) is 4.48. The van der Waals surface area contributed by atoms with Crippen LogP contribution in [0.4, 0.5) is 10.1 Å². The van der Waals surface area contributed by atoms with Crippen molar-refractivity contribution < 1.29 is 4.39 Å². The number of benzene rings is 1. The van der Waals surface area contributed by atoms with Gasteiger partial charge >= 0.3 is 0 Å². The summed E-state index contributed by atoms with van der Waals surface area (Å²) in [4.78, 5) is 2.21. The van der Waals surface area contributed by atoms with E-state index < -0.39 is 0 Å². The molecule has 118 valence electrons. The summed E-state index contributed by atoms with van der Waals surface area (Å²) < 4.78 is 14.4. The second-order valence-corrected chi connectivity index (χ2v) is 6.14. The number of anilines is 1. The molecule has 3 heteroatoms. The van der Waals surface area contributed by atoms with Crippen LogP contribution in [0.25, 0.3) is 0 Å². The summed E-state index contributed by atoms with van der Waals surface area (Å²) >= 11 is 0. The van der Waals surface area contributed by atoms with Gasteiger partial charge in [0.15, 0.2) is 0 Å². The highest BCUT2D eigenvalue weighted by atomic mass is 19.1. The second-order valence-electron chi connectivity index (χ2n) is 6.14. The Bertz CT molecular complexity index is 421. The van der Waals surface area contributed by atoms with E-state index in [0.717, 1.165) is 56.6 Å². The van der Waals surface area contributed by atoms with Crippen molar-refractivity contribution in [1.82, 2.24) is 5.32 Å². The molecule has 0 radical (unpaired) electrons. The number of hydrogen-bond donors (Lipinski definition) is 1. The van der Waals surface area contributed by atoms with Gasteiger partial charge < -0.3 is 10.2 Å². The maximum atomic E-state index is 14.4. The molecular weight excluding hydrogens is 263 g/mol. The van der Waals surface area contributed by atoms with Crippen LogP contribution in [0, 0.1) is 5.82 Å². The quantitative estimate of drug-likeness (QED) is 0.684. The Balaban J connectivity index is 1.99. The van der Waals surface area contributed by atoms with Gasteiger partial charge in [0, 0.05) is 25.7 Å². The Morgan fingerprint density at radius 3 is 2.33 bits per heavy atom. The molecule has 1 aliphatic carbocycles. The summed E-state index contributed by atoms with van der Waals surface area (Å²) in [7, 11) is 0. The Morgan fingerprint density at radius 1 is 1.14 bits per heavy atom. The van der Waals surface area contributed by atoms with Crippen LogP contribution in [-0.4, -0.2) is 19.1 Å². The lowest BCUT2D eigenvalue weighted by atomic mass is 10.1. The third-order valence-corrected chi connectivity index (χ3v) is 4.09. The van der Waals surface area contributed by atoms with E-state index in [-0.39, 0.29) is 5.82 Å². The summed E-state index contributed by atoms with van der Waals surface area (Å²) in [5.74, 6) is -0.0719. The molecule has 1 aromatic carbocycles. The van der Waals surface area contributed by atoms with Crippen LogP contribution in [0.15, 0.2) is 18.2 Å². The molecule has 0 bridgehead atoms. The third-order valence-electron chi connectivity index (χ3n) is 4.09. The van der Waals surface area contributed by atoms with E-state index in [2.05, 4.69) is 30.1 Å². The monoisotopic (exact) mass is 292 g/mol. The number of halogens is 1. The lowest BCUT2D eigenvalue weighted by Gasteiger charge is -2.25. The van der Waals surface area contributed by atoms with E-state index in [9.17, 15) is 4.39 Å². The van der Waals surface area contributed by atoms with Crippen LogP contribution in [0.3, 0.4) is 0 Å². The lowest BCUT2D eigenvalue weighted by molar-refractivity contribution is 0.599. The Hall–Kier alpha value is -1.09. The van der Waals surface area contributed by atoms with Crippen LogP contribution in [0.5, 0.6) is 0 Å². The molecule has 0 spiro atoms. The van der Waals surface area contributed by atoms with Crippen molar-refractivity contribution in [2.45, 2.75) is 65.0 Å². The fraction of sp³-hybridized carbons (Fsp3) is 0.667. The van der Waals surface area contributed by atoms with E-state index in [1.165, 1.54) is 12.8 Å². The number of rotatable bonds is 10. The zero-order valence-electron chi connectivity index (χ0n) is 13.5. The van der Waals surface area contributed by atoms with Gasteiger partial charge in [-0.05, 0) is 43.4 Å². The van der Waals surface area contributed by atoms with Gasteiger partial charge in [-0.25, -0.2) is 4.39 Å². The Morgan fingerprint density at radius 2 is 1.81 bits per heavy atom. The van der Waals surface area contributed by atoms with Gasteiger partial charge in [0.1, 0.15) is 5.82 Å². The highest BCUT2D eigenvalue weighted by Gasteiger charge is 2.20. The zero-order valence-corrected chi connectivity index (χ0v) is 13.5. The normalized spacial score (nSPS) is 14.4. The minimum absolute atomic E-state index is 0.0719. The molecule has 0 amide bonds. The molecule has 2 nitrogen and oxygen atoms in total. The van der Waals surface area contributed by atoms with Crippen molar-refractivity contribution in [3.05, 3.63) is 29.6 Å². The first-order valence-electron chi connectivity index (χ1n) is 8.51. The summed E-state index contributed by atoms with van der Waals surface area (Å²) in [6, 6.07) is 6.40. The van der Waals surface area contributed by atoms with Crippen LogP contribution >= 0.6 is 0 Å². The van der Waals surface area contributed by atoms with Crippen LogP contribution in [-0.2, 0) is 6.54 Å². The first-order valence-corrected chi connectivity index (χ1v) is 8.51. The second kappa shape index (κ2) is 8.38. The minimum Gasteiger partial charge on any atom is -0.369 e. The van der Waals surface area contributed by atoms with Gasteiger partial charge in [-0.1, -0.05) is 32.8 Å². The van der Waals surface area contributed by atoms with Crippen molar-refractivity contribution in [3.63, 3.8) is 0 Å². The van der Waals surface area contributed by atoms with E-state index in [1.807, 2.05) is 6.07 Å². The summed E-state index contributed by atoms with van der Waals surface area (Å²) in [5.41, 5.74) is 1.82. The molecule has 0 aliphatic heterocycles. The van der Waals surface area contributed by atoms with Crippen LogP contribution < -0.4 is 10.2 Å². The zero-order chi connectivity index (χ0) is 15.1. The molecule has 1 saturated carbocycles. The van der Waals surface area contributed by atoms with Gasteiger partial charge in [-0.2, -0.15) is 0 Å². The van der Waals surface area contributed by atoms with Crippen molar-refractivity contribution in [3.8, 4) is 0 Å². The van der Waals surface area contributed by atoms with Crippen molar-refractivity contribution in [1.29, 1.82) is 0 Å². The Labute approximate surface area is 128 Å². The topological polar surface area (TPSA) is 15.3 Å². The standard InChI is InChI=1S/C18H29FN2/c1-3-5-11-21(12-6-4-2)18-10-7-15(13-17(18)19)14-20-16-8-9-16/h7,10,13,16,20H,3-6,8-9,11-12,14H2,1-2H3. The SMILES string of the molecule is CCCCN(CCCC)c1ccc(CNC2CC2)cc1F. The highest BCUT2D eigenvalue weighted by molar-refractivity contribution is 5.49. The van der Waals surface area contributed by atoms with Gasteiger partial charge in [-0.15, -0.1) is 0 Å². The fourth-order valence-electron chi connectivity index (χ4n) is 2.52.